The first-order chi connectivity index (χ1) is 13.1. The molecule has 0 radical (unpaired) electrons. The number of ether oxygens (including phenoxy) is 2. The molecule has 1 aromatic heterocycles. The Morgan fingerprint density at radius 1 is 1.15 bits per heavy atom. The predicted molar refractivity (Wildman–Crippen MR) is 106 cm³/mol. The zero-order valence-electron chi connectivity index (χ0n) is 16.5. The minimum absolute atomic E-state index is 0.646. The van der Waals surface area contributed by atoms with Gasteiger partial charge in [0.05, 0.1) is 20.4 Å². The maximum absolute atomic E-state index is 5.43. The fraction of sp³-hybridized carbons (Fsp3) is 0.526. The summed E-state index contributed by atoms with van der Waals surface area (Å²) in [7, 11) is 7.46. The van der Waals surface area contributed by atoms with Crippen LogP contribution in [0.3, 0.4) is 0 Å². The van der Waals surface area contributed by atoms with Crippen molar-refractivity contribution in [2.24, 2.45) is 0 Å². The molecule has 146 valence electrons. The van der Waals surface area contributed by atoms with Crippen LogP contribution in [0.2, 0.25) is 0 Å². The number of hydrogen-bond donors (Lipinski definition) is 1. The van der Waals surface area contributed by atoms with Crippen molar-refractivity contribution in [3.63, 3.8) is 0 Å². The first-order valence-corrected chi connectivity index (χ1v) is 9.17. The smallest absolute Gasteiger partial charge is 0.247 e. The summed E-state index contributed by atoms with van der Waals surface area (Å²) in [5.41, 5.74) is 2.47. The standard InChI is InChI=1S/C19H28N6O2/c1-24(2)8-5-7-20-18-12-21-23-19(22-18)25-9-6-14-10-16(26-3)17(27-4)11-15(14)13-25/h10-12H,5-9,13H2,1-4H3,(H,20,22,23). The van der Waals surface area contributed by atoms with Crippen LogP contribution >= 0.6 is 0 Å². The summed E-state index contributed by atoms with van der Waals surface area (Å²) in [4.78, 5) is 8.95. The number of nitrogens with one attached hydrogen (secondary N) is 1. The molecule has 1 aliphatic rings. The number of nitrogens with zero attached hydrogens (tertiary/aromatic N) is 5. The molecule has 1 aromatic carbocycles. The lowest BCUT2D eigenvalue weighted by Gasteiger charge is -2.29. The molecule has 8 nitrogen and oxygen atoms in total. The number of benzene rings is 1. The van der Waals surface area contributed by atoms with Gasteiger partial charge in [-0.1, -0.05) is 0 Å². The van der Waals surface area contributed by atoms with Crippen LogP contribution in [-0.2, 0) is 13.0 Å². The highest BCUT2D eigenvalue weighted by molar-refractivity contribution is 5.51. The quantitative estimate of drug-likeness (QED) is 0.703. The van der Waals surface area contributed by atoms with Crippen molar-refractivity contribution in [2.45, 2.75) is 19.4 Å². The third-order valence-electron chi connectivity index (χ3n) is 4.64. The van der Waals surface area contributed by atoms with Gasteiger partial charge in [-0.3, -0.25) is 0 Å². The summed E-state index contributed by atoms with van der Waals surface area (Å²) in [5, 5.41) is 11.7. The number of rotatable bonds is 8. The third-order valence-corrected chi connectivity index (χ3v) is 4.64. The van der Waals surface area contributed by atoms with E-state index in [4.69, 9.17) is 9.47 Å². The van der Waals surface area contributed by atoms with E-state index in [0.717, 1.165) is 56.3 Å². The molecular formula is C19H28N6O2. The molecule has 0 spiro atoms. The monoisotopic (exact) mass is 372 g/mol. The van der Waals surface area contributed by atoms with Crippen LogP contribution in [0.5, 0.6) is 11.5 Å². The molecule has 0 aliphatic carbocycles. The Morgan fingerprint density at radius 2 is 1.89 bits per heavy atom. The summed E-state index contributed by atoms with van der Waals surface area (Å²) >= 11 is 0. The van der Waals surface area contributed by atoms with Crippen LogP contribution in [-0.4, -0.2) is 68.0 Å². The second kappa shape index (κ2) is 8.85. The van der Waals surface area contributed by atoms with Gasteiger partial charge in [0, 0.05) is 19.6 Å². The van der Waals surface area contributed by atoms with Crippen LogP contribution < -0.4 is 19.7 Å². The second-order valence-electron chi connectivity index (χ2n) is 6.87. The van der Waals surface area contributed by atoms with Gasteiger partial charge in [0.2, 0.25) is 5.95 Å². The highest BCUT2D eigenvalue weighted by Crippen LogP contribution is 2.33. The van der Waals surface area contributed by atoms with Gasteiger partial charge in [-0.2, -0.15) is 10.1 Å². The number of fused-ring (bicyclic) bond motifs is 1. The maximum atomic E-state index is 5.43. The van der Waals surface area contributed by atoms with E-state index >= 15 is 0 Å². The molecule has 0 amide bonds. The van der Waals surface area contributed by atoms with E-state index in [1.165, 1.54) is 11.1 Å². The predicted octanol–water partition coefficient (Wildman–Crippen LogP) is 1.82. The second-order valence-corrected chi connectivity index (χ2v) is 6.87. The molecule has 0 bridgehead atoms. The lowest BCUT2D eigenvalue weighted by atomic mass is 9.99. The zero-order valence-corrected chi connectivity index (χ0v) is 16.5. The highest BCUT2D eigenvalue weighted by Gasteiger charge is 2.21. The van der Waals surface area contributed by atoms with Gasteiger partial charge in [-0.15, -0.1) is 5.10 Å². The summed E-state index contributed by atoms with van der Waals surface area (Å²) in [5.74, 6) is 2.92. The van der Waals surface area contributed by atoms with Crippen LogP contribution in [0.25, 0.3) is 0 Å². The fourth-order valence-electron chi connectivity index (χ4n) is 3.18. The molecule has 0 atom stereocenters. The Morgan fingerprint density at radius 3 is 2.59 bits per heavy atom. The van der Waals surface area contributed by atoms with Crippen molar-refractivity contribution >= 4 is 11.8 Å². The van der Waals surface area contributed by atoms with Crippen LogP contribution in [0.1, 0.15) is 17.5 Å². The normalized spacial score (nSPS) is 13.4. The Bertz CT molecular complexity index is 768. The van der Waals surface area contributed by atoms with E-state index in [-0.39, 0.29) is 0 Å². The fourth-order valence-corrected chi connectivity index (χ4v) is 3.18. The number of hydrogen-bond acceptors (Lipinski definition) is 8. The largest absolute Gasteiger partial charge is 0.493 e. The minimum atomic E-state index is 0.646. The molecular weight excluding hydrogens is 344 g/mol. The number of anilines is 2. The number of aromatic nitrogens is 3. The summed E-state index contributed by atoms with van der Waals surface area (Å²) < 4.78 is 10.8. The molecule has 1 N–H and O–H groups in total. The Labute approximate surface area is 160 Å². The Hall–Kier alpha value is -2.61. The molecule has 0 saturated heterocycles. The molecule has 1 aliphatic heterocycles. The average Bonchev–Trinajstić information content (AvgIpc) is 2.69. The van der Waals surface area contributed by atoms with Gasteiger partial charge in [0.25, 0.3) is 0 Å². The Balaban J connectivity index is 1.69. The van der Waals surface area contributed by atoms with Gasteiger partial charge in [0.15, 0.2) is 17.3 Å². The van der Waals surface area contributed by atoms with E-state index in [9.17, 15) is 0 Å². The molecule has 3 rings (SSSR count). The topological polar surface area (TPSA) is 75.6 Å². The van der Waals surface area contributed by atoms with Crippen LogP contribution in [0.15, 0.2) is 18.3 Å². The maximum Gasteiger partial charge on any atom is 0.247 e. The molecule has 27 heavy (non-hydrogen) atoms. The van der Waals surface area contributed by atoms with Crippen molar-refractivity contribution in [2.75, 3.05) is 58.2 Å². The first-order valence-electron chi connectivity index (χ1n) is 9.17. The number of methoxy groups -OCH3 is 2. The van der Waals surface area contributed by atoms with Crippen molar-refractivity contribution in [3.8, 4) is 11.5 Å². The summed E-state index contributed by atoms with van der Waals surface area (Å²) in [6, 6.07) is 4.10. The Kier molecular flexibility index (Phi) is 6.28. The van der Waals surface area contributed by atoms with Gasteiger partial charge in [-0.05, 0) is 56.7 Å². The van der Waals surface area contributed by atoms with Crippen LogP contribution in [0, 0.1) is 0 Å². The van der Waals surface area contributed by atoms with Crippen molar-refractivity contribution in [3.05, 3.63) is 29.5 Å². The van der Waals surface area contributed by atoms with Crippen molar-refractivity contribution in [1.29, 1.82) is 0 Å². The van der Waals surface area contributed by atoms with Gasteiger partial charge >= 0.3 is 0 Å². The summed E-state index contributed by atoms with van der Waals surface area (Å²) in [6.07, 6.45) is 3.62. The minimum Gasteiger partial charge on any atom is -0.493 e. The average molecular weight is 372 g/mol. The molecule has 2 aromatic rings. The lowest BCUT2D eigenvalue weighted by Crippen LogP contribution is -2.32. The van der Waals surface area contributed by atoms with Gasteiger partial charge < -0.3 is 24.6 Å². The van der Waals surface area contributed by atoms with E-state index in [0.29, 0.717) is 5.95 Å². The molecule has 8 heteroatoms. The van der Waals surface area contributed by atoms with Gasteiger partial charge in [-0.25, -0.2) is 0 Å². The molecule has 0 fully saturated rings. The summed E-state index contributed by atoms with van der Waals surface area (Å²) in [6.45, 7) is 3.46. The first kappa shape index (κ1) is 19.2. The van der Waals surface area contributed by atoms with Gasteiger partial charge in [0.1, 0.15) is 0 Å². The molecule has 0 unspecified atom stereocenters. The van der Waals surface area contributed by atoms with E-state index < -0.39 is 0 Å². The van der Waals surface area contributed by atoms with Crippen LogP contribution in [0.4, 0.5) is 11.8 Å². The zero-order chi connectivity index (χ0) is 19.2. The third kappa shape index (κ3) is 4.77. The lowest BCUT2D eigenvalue weighted by molar-refractivity contribution is 0.353. The van der Waals surface area contributed by atoms with Crippen molar-refractivity contribution < 1.29 is 9.47 Å². The van der Waals surface area contributed by atoms with E-state index in [1.54, 1.807) is 20.4 Å². The molecule has 2 heterocycles. The van der Waals surface area contributed by atoms with E-state index in [1.807, 2.05) is 6.07 Å². The molecule has 0 saturated carbocycles. The highest BCUT2D eigenvalue weighted by atomic mass is 16.5. The van der Waals surface area contributed by atoms with Crippen molar-refractivity contribution in [1.82, 2.24) is 20.1 Å². The van der Waals surface area contributed by atoms with E-state index in [2.05, 4.69) is 50.5 Å². The SMILES string of the molecule is COc1cc2c(cc1OC)CN(c1nncc(NCCCN(C)C)n1)CC2.